The minimum absolute atomic E-state index is 0.117. The van der Waals surface area contributed by atoms with Gasteiger partial charge in [0.2, 0.25) is 5.91 Å². The van der Waals surface area contributed by atoms with Gasteiger partial charge in [-0.25, -0.2) is 0 Å². The predicted molar refractivity (Wildman–Crippen MR) is 150 cm³/mol. The second-order valence-corrected chi connectivity index (χ2v) is 10.1. The quantitative estimate of drug-likeness (QED) is 0.281. The Balaban J connectivity index is 1.20. The van der Waals surface area contributed by atoms with Gasteiger partial charge in [0.1, 0.15) is 12.4 Å². The van der Waals surface area contributed by atoms with E-state index in [1.165, 1.54) is 10.8 Å². The van der Waals surface area contributed by atoms with Crippen molar-refractivity contribution in [3.63, 3.8) is 0 Å². The van der Waals surface area contributed by atoms with Gasteiger partial charge >= 0.3 is 0 Å². The highest BCUT2D eigenvalue weighted by Gasteiger charge is 2.20. The molecule has 1 atom stereocenters. The molecule has 38 heavy (non-hydrogen) atoms. The van der Waals surface area contributed by atoms with Gasteiger partial charge in [-0.3, -0.25) is 9.69 Å². The third-order valence-corrected chi connectivity index (χ3v) is 7.31. The molecule has 2 N–H and O–H groups in total. The van der Waals surface area contributed by atoms with Gasteiger partial charge in [0.25, 0.3) is 0 Å². The van der Waals surface area contributed by atoms with Crippen molar-refractivity contribution in [2.75, 3.05) is 39.4 Å². The topological polar surface area (TPSA) is 78.2 Å². The second kappa shape index (κ2) is 12.4. The third kappa shape index (κ3) is 6.18. The lowest BCUT2D eigenvalue weighted by Gasteiger charge is -2.26. The molecule has 1 aliphatic rings. The molecule has 0 bridgehead atoms. The number of carbonyl (C=O) groups is 1. The SMILES string of the molecule is O=C1CCCN1CCOc1ccc(CN(CCCO)C[C@H](O)Cn2c3ccccc3c3ccccc32)cc1. The van der Waals surface area contributed by atoms with Crippen LogP contribution in [0.4, 0.5) is 0 Å². The van der Waals surface area contributed by atoms with Crippen molar-refractivity contribution in [2.24, 2.45) is 0 Å². The fraction of sp³-hybridized carbons (Fsp3) is 0.387. The summed E-state index contributed by atoms with van der Waals surface area (Å²) in [5, 5.41) is 23.0. The number of likely N-dealkylation sites (tertiary alicyclic amines) is 1. The first-order valence-corrected chi connectivity index (χ1v) is 13.6. The molecule has 1 amide bonds. The standard InChI is InChI=1S/C31H37N3O4/c35-19-6-16-32(21-24-12-14-26(15-13-24)38-20-18-33-17-5-11-31(33)37)22-25(36)23-34-29-9-3-1-7-27(29)28-8-2-4-10-30(28)34/h1-4,7-10,12-15,25,35-36H,5-6,11,16-23H2/t25-/m0/s1. The molecule has 7 heteroatoms. The van der Waals surface area contributed by atoms with Gasteiger partial charge in [0, 0.05) is 61.0 Å². The van der Waals surface area contributed by atoms with Crippen LogP contribution in [-0.4, -0.2) is 76.0 Å². The van der Waals surface area contributed by atoms with Crippen LogP contribution in [0.5, 0.6) is 5.75 Å². The molecule has 2 heterocycles. The van der Waals surface area contributed by atoms with Crippen LogP contribution >= 0.6 is 0 Å². The average molecular weight is 516 g/mol. The highest BCUT2D eigenvalue weighted by molar-refractivity contribution is 6.07. The van der Waals surface area contributed by atoms with E-state index in [0.29, 0.717) is 52.2 Å². The Hall–Kier alpha value is -3.39. The molecule has 1 fully saturated rings. The van der Waals surface area contributed by atoms with Gasteiger partial charge in [-0.15, -0.1) is 0 Å². The minimum Gasteiger partial charge on any atom is -0.492 e. The Morgan fingerprint density at radius 2 is 1.63 bits per heavy atom. The van der Waals surface area contributed by atoms with Crippen molar-refractivity contribution in [1.29, 1.82) is 0 Å². The summed E-state index contributed by atoms with van der Waals surface area (Å²) < 4.78 is 8.06. The summed E-state index contributed by atoms with van der Waals surface area (Å²) in [6.07, 6.45) is 1.67. The van der Waals surface area contributed by atoms with Gasteiger partial charge < -0.3 is 24.4 Å². The zero-order chi connectivity index (χ0) is 26.3. The zero-order valence-corrected chi connectivity index (χ0v) is 21.8. The van der Waals surface area contributed by atoms with Crippen LogP contribution in [0.2, 0.25) is 0 Å². The number of aromatic nitrogens is 1. The van der Waals surface area contributed by atoms with Gasteiger partial charge in [0.15, 0.2) is 0 Å². The highest BCUT2D eigenvalue weighted by atomic mass is 16.5. The summed E-state index contributed by atoms with van der Waals surface area (Å²) in [5.74, 6) is 1.00. The Kier molecular flexibility index (Phi) is 8.58. The lowest BCUT2D eigenvalue weighted by Crippen LogP contribution is -2.35. The number of fused-ring (bicyclic) bond motifs is 3. The molecule has 3 aromatic carbocycles. The van der Waals surface area contributed by atoms with Crippen LogP contribution in [-0.2, 0) is 17.9 Å². The number of benzene rings is 3. The Bertz CT molecular complexity index is 1300. The van der Waals surface area contributed by atoms with E-state index in [9.17, 15) is 15.0 Å². The van der Waals surface area contributed by atoms with Crippen LogP contribution in [0.25, 0.3) is 21.8 Å². The summed E-state index contributed by atoms with van der Waals surface area (Å²) in [7, 11) is 0. The number of rotatable bonds is 13. The number of hydrogen-bond acceptors (Lipinski definition) is 5. The molecule has 0 saturated carbocycles. The number of amides is 1. The van der Waals surface area contributed by atoms with Crippen molar-refractivity contribution in [3.8, 4) is 5.75 Å². The van der Waals surface area contributed by atoms with E-state index >= 15 is 0 Å². The van der Waals surface area contributed by atoms with E-state index in [4.69, 9.17) is 4.74 Å². The number of carbonyl (C=O) groups excluding carboxylic acids is 1. The molecule has 1 aromatic heterocycles. The first kappa shape index (κ1) is 26.2. The second-order valence-electron chi connectivity index (χ2n) is 10.1. The summed E-state index contributed by atoms with van der Waals surface area (Å²) in [5.41, 5.74) is 3.37. The largest absolute Gasteiger partial charge is 0.492 e. The Morgan fingerprint density at radius 3 is 2.26 bits per heavy atom. The van der Waals surface area contributed by atoms with Crippen molar-refractivity contribution < 1.29 is 19.7 Å². The molecule has 200 valence electrons. The zero-order valence-electron chi connectivity index (χ0n) is 21.8. The average Bonchev–Trinajstić information content (AvgIpc) is 3.49. The molecular weight excluding hydrogens is 478 g/mol. The van der Waals surface area contributed by atoms with Crippen molar-refractivity contribution in [2.45, 2.75) is 38.5 Å². The predicted octanol–water partition coefficient (Wildman–Crippen LogP) is 4.04. The van der Waals surface area contributed by atoms with Gasteiger partial charge in [0.05, 0.1) is 19.2 Å². The van der Waals surface area contributed by atoms with Gasteiger partial charge in [-0.05, 0) is 42.7 Å². The molecule has 7 nitrogen and oxygen atoms in total. The summed E-state index contributed by atoms with van der Waals surface area (Å²) >= 11 is 0. The van der Waals surface area contributed by atoms with E-state index in [2.05, 4.69) is 45.9 Å². The van der Waals surface area contributed by atoms with Crippen LogP contribution in [0.15, 0.2) is 72.8 Å². The lowest BCUT2D eigenvalue weighted by molar-refractivity contribution is -0.128. The fourth-order valence-corrected chi connectivity index (χ4v) is 5.46. The molecule has 5 rings (SSSR count). The van der Waals surface area contributed by atoms with E-state index < -0.39 is 6.10 Å². The molecule has 0 unspecified atom stereocenters. The van der Waals surface area contributed by atoms with E-state index in [-0.39, 0.29) is 12.5 Å². The van der Waals surface area contributed by atoms with E-state index in [0.717, 1.165) is 35.3 Å². The first-order chi connectivity index (χ1) is 18.6. The molecule has 1 aliphatic heterocycles. The van der Waals surface area contributed by atoms with Crippen molar-refractivity contribution >= 4 is 27.7 Å². The maximum absolute atomic E-state index is 11.8. The maximum Gasteiger partial charge on any atom is 0.222 e. The number of ether oxygens (including phenoxy) is 1. The van der Waals surface area contributed by atoms with Crippen LogP contribution in [0.1, 0.15) is 24.8 Å². The van der Waals surface area contributed by atoms with Gasteiger partial charge in [-0.1, -0.05) is 48.5 Å². The molecule has 1 saturated heterocycles. The van der Waals surface area contributed by atoms with Crippen LogP contribution < -0.4 is 4.74 Å². The molecular formula is C31H37N3O4. The molecule has 0 spiro atoms. The Labute approximate surface area is 223 Å². The van der Waals surface area contributed by atoms with Crippen LogP contribution in [0.3, 0.4) is 0 Å². The third-order valence-electron chi connectivity index (χ3n) is 7.31. The summed E-state index contributed by atoms with van der Waals surface area (Å²) in [6.45, 7) is 4.43. The summed E-state index contributed by atoms with van der Waals surface area (Å²) in [4.78, 5) is 15.8. The summed E-state index contributed by atoms with van der Waals surface area (Å²) in [6, 6.07) is 24.7. The normalized spacial score (nSPS) is 14.7. The highest BCUT2D eigenvalue weighted by Crippen LogP contribution is 2.29. The monoisotopic (exact) mass is 515 g/mol. The number of aliphatic hydroxyl groups excluding tert-OH is 2. The van der Waals surface area contributed by atoms with Gasteiger partial charge in [-0.2, -0.15) is 0 Å². The lowest BCUT2D eigenvalue weighted by atomic mass is 10.2. The number of hydrogen-bond donors (Lipinski definition) is 2. The van der Waals surface area contributed by atoms with Crippen molar-refractivity contribution in [3.05, 3.63) is 78.4 Å². The number of nitrogens with zero attached hydrogens (tertiary/aromatic N) is 3. The Morgan fingerprint density at radius 1 is 0.947 bits per heavy atom. The van der Waals surface area contributed by atoms with E-state index in [1.54, 1.807) is 0 Å². The smallest absolute Gasteiger partial charge is 0.222 e. The number of para-hydroxylation sites is 2. The van der Waals surface area contributed by atoms with E-state index in [1.807, 2.05) is 41.3 Å². The molecule has 0 aliphatic carbocycles. The maximum atomic E-state index is 11.8. The molecule has 4 aromatic rings. The minimum atomic E-state index is -0.566. The fourth-order valence-electron chi connectivity index (χ4n) is 5.46. The molecule has 0 radical (unpaired) electrons. The van der Waals surface area contributed by atoms with Crippen LogP contribution in [0, 0.1) is 0 Å². The van der Waals surface area contributed by atoms with Crippen molar-refractivity contribution in [1.82, 2.24) is 14.4 Å². The number of aliphatic hydroxyl groups is 2. The first-order valence-electron chi connectivity index (χ1n) is 13.6.